The zero-order valence-electron chi connectivity index (χ0n) is 12.5. The molecule has 1 aliphatic rings. The summed E-state index contributed by atoms with van der Waals surface area (Å²) in [6, 6.07) is 2.86. The maximum Gasteiger partial charge on any atom is 0.330 e. The van der Waals surface area contributed by atoms with Crippen molar-refractivity contribution in [3.8, 4) is 5.75 Å². The molecule has 1 atom stereocenters. The third-order valence-electron chi connectivity index (χ3n) is 3.50. The number of aromatic hydroxyl groups is 1. The van der Waals surface area contributed by atoms with Crippen molar-refractivity contribution in [2.24, 2.45) is 0 Å². The van der Waals surface area contributed by atoms with Crippen molar-refractivity contribution >= 4 is 17.6 Å². The number of nitrogens with zero attached hydrogens (tertiary/aromatic N) is 2. The van der Waals surface area contributed by atoms with Gasteiger partial charge in [0.05, 0.1) is 17.1 Å². The quantitative estimate of drug-likeness (QED) is 0.463. The van der Waals surface area contributed by atoms with Crippen molar-refractivity contribution in [2.45, 2.75) is 13.0 Å². The summed E-state index contributed by atoms with van der Waals surface area (Å²) in [6.07, 6.45) is 0. The number of phenols is 1. The summed E-state index contributed by atoms with van der Waals surface area (Å²) in [6.45, 7) is 2.76. The largest absolute Gasteiger partial charge is 0.502 e. The molecular formula is C14H17N3O6. The van der Waals surface area contributed by atoms with Gasteiger partial charge in [-0.25, -0.2) is 4.79 Å². The van der Waals surface area contributed by atoms with E-state index in [-0.39, 0.29) is 25.3 Å². The van der Waals surface area contributed by atoms with E-state index in [1.54, 1.807) is 6.92 Å². The molecule has 1 unspecified atom stereocenters. The van der Waals surface area contributed by atoms with E-state index in [4.69, 9.17) is 4.74 Å². The molecule has 1 aromatic rings. The van der Waals surface area contributed by atoms with Crippen LogP contribution < -0.4 is 5.32 Å². The fraction of sp³-hybridized carbons (Fsp3) is 0.429. The highest BCUT2D eigenvalue weighted by atomic mass is 16.6. The van der Waals surface area contributed by atoms with Crippen LogP contribution in [0.25, 0.3) is 0 Å². The number of piperazine rings is 1. The topological polar surface area (TPSA) is 122 Å². The van der Waals surface area contributed by atoms with Gasteiger partial charge in [-0.15, -0.1) is 0 Å². The highest BCUT2D eigenvalue weighted by Gasteiger charge is 2.35. The molecule has 2 N–H and O–H groups in total. The van der Waals surface area contributed by atoms with Crippen LogP contribution >= 0.6 is 0 Å². The Bertz CT molecular complexity index is 633. The number of ether oxygens (including phenoxy) is 1. The molecule has 0 aromatic heterocycles. The zero-order chi connectivity index (χ0) is 17.0. The molecule has 0 radical (unpaired) electrons. The average molecular weight is 323 g/mol. The van der Waals surface area contributed by atoms with Crippen LogP contribution in [0.15, 0.2) is 18.2 Å². The van der Waals surface area contributed by atoms with E-state index in [0.717, 1.165) is 6.07 Å². The number of nitro groups is 1. The van der Waals surface area contributed by atoms with Gasteiger partial charge in [-0.1, -0.05) is 6.07 Å². The number of hydrogen-bond acceptors (Lipinski definition) is 7. The summed E-state index contributed by atoms with van der Waals surface area (Å²) in [4.78, 5) is 36.0. The fourth-order valence-corrected chi connectivity index (χ4v) is 2.40. The molecule has 1 amide bonds. The molecule has 1 fully saturated rings. The average Bonchev–Trinajstić information content (AvgIpc) is 2.54. The van der Waals surface area contributed by atoms with Crippen LogP contribution in [0, 0.1) is 10.1 Å². The van der Waals surface area contributed by atoms with E-state index in [9.17, 15) is 24.8 Å². The number of rotatable bonds is 4. The molecule has 0 saturated carbocycles. The minimum absolute atomic E-state index is 0.180. The van der Waals surface area contributed by atoms with Crippen LogP contribution in [0.4, 0.5) is 5.69 Å². The van der Waals surface area contributed by atoms with Crippen LogP contribution in [-0.4, -0.2) is 59.1 Å². The van der Waals surface area contributed by atoms with Gasteiger partial charge in [-0.05, 0) is 13.0 Å². The molecule has 0 aliphatic carbocycles. The summed E-state index contributed by atoms with van der Waals surface area (Å²) < 4.78 is 4.95. The molecule has 9 heteroatoms. The van der Waals surface area contributed by atoms with Gasteiger partial charge >= 0.3 is 11.7 Å². The molecule has 1 aliphatic heterocycles. The number of nitro benzene ring substituents is 1. The lowest BCUT2D eigenvalue weighted by molar-refractivity contribution is -0.385. The molecule has 23 heavy (non-hydrogen) atoms. The van der Waals surface area contributed by atoms with Gasteiger partial charge in [0.2, 0.25) is 5.75 Å². The van der Waals surface area contributed by atoms with Crippen molar-refractivity contribution in [3.63, 3.8) is 0 Å². The Morgan fingerprint density at radius 1 is 1.52 bits per heavy atom. The Kier molecular flexibility index (Phi) is 5.12. The predicted octanol–water partition coefficient (Wildman–Crippen LogP) is 0.278. The van der Waals surface area contributed by atoms with E-state index >= 15 is 0 Å². The minimum atomic E-state index is -0.838. The summed E-state index contributed by atoms with van der Waals surface area (Å²) in [5.74, 6) is -1.91. The van der Waals surface area contributed by atoms with Crippen molar-refractivity contribution in [1.82, 2.24) is 10.2 Å². The molecule has 1 saturated heterocycles. The summed E-state index contributed by atoms with van der Waals surface area (Å²) in [5.41, 5.74) is -0.769. The Hall–Kier alpha value is -2.68. The minimum Gasteiger partial charge on any atom is -0.502 e. The second-order valence-electron chi connectivity index (χ2n) is 4.90. The van der Waals surface area contributed by atoms with E-state index < -0.39 is 34.3 Å². The first-order valence-corrected chi connectivity index (χ1v) is 7.12. The Morgan fingerprint density at radius 3 is 2.91 bits per heavy atom. The van der Waals surface area contributed by atoms with Gasteiger partial charge in [-0.2, -0.15) is 0 Å². The number of nitrogens with one attached hydrogen (secondary N) is 1. The molecule has 2 rings (SSSR count). The Labute approximate surface area is 132 Å². The maximum absolute atomic E-state index is 12.6. The van der Waals surface area contributed by atoms with E-state index in [1.165, 1.54) is 17.0 Å². The van der Waals surface area contributed by atoms with Crippen molar-refractivity contribution < 1.29 is 24.4 Å². The standard InChI is InChI=1S/C14H17N3O6/c1-2-23-14(20)11-8-15-6-7-16(11)13(19)9-4-3-5-10(12(9)18)17(21)22/h3-5,11,15,18H,2,6-8H2,1H3. The van der Waals surface area contributed by atoms with Crippen LogP contribution in [0.2, 0.25) is 0 Å². The molecule has 1 heterocycles. The van der Waals surface area contributed by atoms with Crippen molar-refractivity contribution in [1.29, 1.82) is 0 Å². The third kappa shape index (κ3) is 3.39. The lowest BCUT2D eigenvalue weighted by Gasteiger charge is -2.34. The lowest BCUT2D eigenvalue weighted by Crippen LogP contribution is -2.57. The third-order valence-corrected chi connectivity index (χ3v) is 3.50. The highest BCUT2D eigenvalue weighted by molar-refractivity contribution is 6.00. The summed E-state index contributed by atoms with van der Waals surface area (Å²) in [7, 11) is 0. The first-order valence-electron chi connectivity index (χ1n) is 7.12. The van der Waals surface area contributed by atoms with E-state index in [2.05, 4.69) is 5.32 Å². The normalized spacial score (nSPS) is 17.6. The van der Waals surface area contributed by atoms with Crippen molar-refractivity contribution in [3.05, 3.63) is 33.9 Å². The summed E-state index contributed by atoms with van der Waals surface area (Å²) in [5, 5.41) is 23.8. The number of carbonyl (C=O) groups is 2. The molecule has 0 spiro atoms. The van der Waals surface area contributed by atoms with Crippen LogP contribution in [-0.2, 0) is 9.53 Å². The van der Waals surface area contributed by atoms with Crippen LogP contribution in [0.5, 0.6) is 5.75 Å². The highest BCUT2D eigenvalue weighted by Crippen LogP contribution is 2.30. The maximum atomic E-state index is 12.6. The molecular weight excluding hydrogens is 306 g/mol. The van der Waals surface area contributed by atoms with Gasteiger partial charge in [0.15, 0.2) is 0 Å². The van der Waals surface area contributed by atoms with Gasteiger partial charge in [0, 0.05) is 25.7 Å². The van der Waals surface area contributed by atoms with Crippen LogP contribution in [0.1, 0.15) is 17.3 Å². The monoisotopic (exact) mass is 323 g/mol. The number of benzene rings is 1. The van der Waals surface area contributed by atoms with Gasteiger partial charge in [0.25, 0.3) is 5.91 Å². The number of carbonyl (C=O) groups excluding carboxylic acids is 2. The number of esters is 1. The van der Waals surface area contributed by atoms with Crippen LogP contribution in [0.3, 0.4) is 0 Å². The molecule has 124 valence electrons. The molecule has 9 nitrogen and oxygen atoms in total. The van der Waals surface area contributed by atoms with Gasteiger partial charge < -0.3 is 20.1 Å². The molecule has 1 aromatic carbocycles. The van der Waals surface area contributed by atoms with Gasteiger partial charge in [0.1, 0.15) is 6.04 Å². The number of amides is 1. The summed E-state index contributed by atoms with van der Waals surface area (Å²) >= 11 is 0. The van der Waals surface area contributed by atoms with E-state index in [1.807, 2.05) is 0 Å². The number of hydrogen-bond donors (Lipinski definition) is 2. The second kappa shape index (κ2) is 7.05. The van der Waals surface area contributed by atoms with Gasteiger partial charge in [-0.3, -0.25) is 14.9 Å². The Morgan fingerprint density at radius 2 is 2.26 bits per heavy atom. The predicted molar refractivity (Wildman–Crippen MR) is 79.1 cm³/mol. The lowest BCUT2D eigenvalue weighted by atomic mass is 10.1. The molecule has 0 bridgehead atoms. The fourth-order valence-electron chi connectivity index (χ4n) is 2.40. The smallest absolute Gasteiger partial charge is 0.330 e. The Balaban J connectivity index is 2.32. The first kappa shape index (κ1) is 16.7. The number of para-hydroxylation sites is 1. The first-order chi connectivity index (χ1) is 11.0. The zero-order valence-corrected chi connectivity index (χ0v) is 12.5. The second-order valence-corrected chi connectivity index (χ2v) is 4.90. The van der Waals surface area contributed by atoms with E-state index in [0.29, 0.717) is 6.54 Å². The SMILES string of the molecule is CCOC(=O)C1CNCCN1C(=O)c1cccc([N+](=O)[O-])c1O. The number of phenolic OH excluding ortho intramolecular Hbond substituents is 1. The van der Waals surface area contributed by atoms with Crippen molar-refractivity contribution in [2.75, 3.05) is 26.2 Å².